The van der Waals surface area contributed by atoms with E-state index in [1.165, 1.54) is 24.3 Å². The molecule has 3 atom stereocenters. The van der Waals surface area contributed by atoms with E-state index in [1.54, 1.807) is 30.0 Å². The molecule has 0 saturated heterocycles. The van der Waals surface area contributed by atoms with Crippen LogP contribution in [-0.2, 0) is 10.0 Å². The number of hydrogen-bond acceptors (Lipinski definition) is 6. The highest BCUT2D eigenvalue weighted by atomic mass is 35.5. The number of aliphatic hydroxyl groups is 1. The van der Waals surface area contributed by atoms with Gasteiger partial charge in [-0.15, -0.1) is 0 Å². The van der Waals surface area contributed by atoms with Gasteiger partial charge in [-0.25, -0.2) is 8.42 Å². The fraction of sp³-hybridized carbons (Fsp3) is 0.435. The van der Waals surface area contributed by atoms with Crippen LogP contribution in [0, 0.1) is 5.92 Å². The molecule has 180 valence electrons. The molecule has 0 unspecified atom stereocenters. The Kier molecular flexibility index (Phi) is 7.89. The number of ether oxygens (including phenoxy) is 1. The van der Waals surface area contributed by atoms with Gasteiger partial charge in [-0.1, -0.05) is 24.6 Å². The molecule has 1 heterocycles. The van der Waals surface area contributed by atoms with Crippen molar-refractivity contribution in [2.75, 3.05) is 38.5 Å². The van der Waals surface area contributed by atoms with Gasteiger partial charge in [0.1, 0.15) is 6.10 Å². The van der Waals surface area contributed by atoms with Crippen LogP contribution in [0.3, 0.4) is 0 Å². The van der Waals surface area contributed by atoms with Crippen LogP contribution in [0.15, 0.2) is 47.4 Å². The summed E-state index contributed by atoms with van der Waals surface area (Å²) in [6.07, 6.45) is -0.318. The van der Waals surface area contributed by atoms with Gasteiger partial charge in [-0.05, 0) is 57.4 Å². The summed E-state index contributed by atoms with van der Waals surface area (Å²) in [6.45, 7) is 4.54. The van der Waals surface area contributed by atoms with Gasteiger partial charge in [0.2, 0.25) is 0 Å². The van der Waals surface area contributed by atoms with Gasteiger partial charge < -0.3 is 19.6 Å². The zero-order valence-corrected chi connectivity index (χ0v) is 20.7. The summed E-state index contributed by atoms with van der Waals surface area (Å²) in [4.78, 5) is 17.1. The number of carbonyl (C=O) groups excluding carboxylic acids is 1. The molecule has 2 aromatic carbocycles. The van der Waals surface area contributed by atoms with Crippen molar-refractivity contribution in [3.8, 4) is 5.75 Å². The summed E-state index contributed by atoms with van der Waals surface area (Å²) >= 11 is 5.89. The number of para-hydroxylation sites is 1. The number of halogens is 1. The van der Waals surface area contributed by atoms with Crippen LogP contribution in [0.2, 0.25) is 5.02 Å². The second-order valence-electron chi connectivity index (χ2n) is 8.63. The molecule has 0 bridgehead atoms. The lowest BCUT2D eigenvalue weighted by Gasteiger charge is -2.38. The third-order valence-corrected chi connectivity index (χ3v) is 7.24. The lowest BCUT2D eigenvalue weighted by atomic mass is 9.99. The maximum atomic E-state index is 13.4. The number of sulfonamides is 1. The summed E-state index contributed by atoms with van der Waals surface area (Å²) in [5, 5.41) is 10.2. The fourth-order valence-corrected chi connectivity index (χ4v) is 4.91. The number of benzene rings is 2. The van der Waals surface area contributed by atoms with Gasteiger partial charge in [-0.3, -0.25) is 9.52 Å². The minimum Gasteiger partial charge on any atom is -0.486 e. The van der Waals surface area contributed by atoms with Crippen LogP contribution < -0.4 is 9.46 Å². The molecule has 2 aromatic rings. The second kappa shape index (κ2) is 10.3. The molecule has 0 fully saturated rings. The number of carbonyl (C=O) groups is 1. The summed E-state index contributed by atoms with van der Waals surface area (Å²) in [5.74, 6) is -0.220. The van der Waals surface area contributed by atoms with E-state index in [2.05, 4.69) is 4.72 Å². The molecule has 0 aliphatic carbocycles. The van der Waals surface area contributed by atoms with E-state index in [0.717, 1.165) is 0 Å². The van der Waals surface area contributed by atoms with Crippen molar-refractivity contribution in [2.45, 2.75) is 30.9 Å². The summed E-state index contributed by atoms with van der Waals surface area (Å²) < 4.78 is 35.0. The lowest BCUT2D eigenvalue weighted by molar-refractivity contribution is 0.0366. The minimum atomic E-state index is -3.95. The van der Waals surface area contributed by atoms with Crippen molar-refractivity contribution < 1.29 is 23.1 Å². The number of likely N-dealkylation sites (N-methyl/N-ethyl adjacent to an activating group) is 1. The molecule has 1 aliphatic rings. The molecule has 0 spiro atoms. The highest BCUT2D eigenvalue weighted by Crippen LogP contribution is 2.36. The minimum absolute atomic E-state index is 0.0374. The Morgan fingerprint density at radius 1 is 1.24 bits per heavy atom. The maximum Gasteiger partial charge on any atom is 0.262 e. The van der Waals surface area contributed by atoms with E-state index in [9.17, 15) is 18.3 Å². The zero-order chi connectivity index (χ0) is 24.3. The van der Waals surface area contributed by atoms with Crippen molar-refractivity contribution in [3.63, 3.8) is 0 Å². The van der Waals surface area contributed by atoms with Crippen molar-refractivity contribution in [3.05, 3.63) is 53.1 Å². The van der Waals surface area contributed by atoms with Crippen LogP contribution >= 0.6 is 11.6 Å². The molecule has 0 radical (unpaired) electrons. The Hall–Kier alpha value is -2.33. The molecule has 8 nitrogen and oxygen atoms in total. The van der Waals surface area contributed by atoms with E-state index in [0.29, 0.717) is 18.1 Å². The molecular formula is C23H30ClN3O5S. The van der Waals surface area contributed by atoms with Gasteiger partial charge in [0.15, 0.2) is 5.75 Å². The average molecular weight is 496 g/mol. The Labute approximate surface area is 200 Å². The predicted molar refractivity (Wildman–Crippen MR) is 128 cm³/mol. The lowest BCUT2D eigenvalue weighted by Crippen LogP contribution is -2.49. The van der Waals surface area contributed by atoms with Crippen LogP contribution in [0.25, 0.3) is 0 Å². The first-order chi connectivity index (χ1) is 15.5. The third-order valence-electron chi connectivity index (χ3n) is 5.60. The quantitative estimate of drug-likeness (QED) is 0.612. The van der Waals surface area contributed by atoms with Gasteiger partial charge >= 0.3 is 0 Å². The Balaban J connectivity index is 2.09. The number of nitrogens with zero attached hydrogens (tertiary/aromatic N) is 2. The van der Waals surface area contributed by atoms with Crippen molar-refractivity contribution in [2.24, 2.45) is 5.92 Å². The predicted octanol–water partition coefficient (Wildman–Crippen LogP) is 2.92. The van der Waals surface area contributed by atoms with Crippen molar-refractivity contribution in [1.29, 1.82) is 0 Å². The smallest absolute Gasteiger partial charge is 0.262 e. The fourth-order valence-electron chi connectivity index (χ4n) is 3.72. The highest BCUT2D eigenvalue weighted by Gasteiger charge is 2.34. The van der Waals surface area contributed by atoms with Gasteiger partial charge in [0, 0.05) is 24.0 Å². The van der Waals surface area contributed by atoms with Gasteiger partial charge in [-0.2, -0.15) is 0 Å². The van der Waals surface area contributed by atoms with Crippen LogP contribution in [0.1, 0.15) is 24.2 Å². The standard InChI is InChI=1S/C23H30ClN3O5S/c1-15-12-27(16(2)14-28)23(29)19-6-5-7-20(22(19)32-21(15)13-26(3)4)25-33(30,31)18-10-8-17(24)9-11-18/h5-11,15-16,21,25,28H,12-14H2,1-4H3/t15-,16+,21+/m0/s1. The molecule has 0 aromatic heterocycles. The van der Waals surface area contributed by atoms with Crippen molar-refractivity contribution >= 4 is 33.2 Å². The first-order valence-corrected chi connectivity index (χ1v) is 12.5. The monoisotopic (exact) mass is 495 g/mol. The number of anilines is 1. The Morgan fingerprint density at radius 2 is 1.91 bits per heavy atom. The molecule has 10 heteroatoms. The Bertz CT molecular complexity index is 1090. The number of hydrogen-bond donors (Lipinski definition) is 2. The van der Waals surface area contributed by atoms with E-state index < -0.39 is 16.1 Å². The van der Waals surface area contributed by atoms with Crippen LogP contribution in [-0.4, -0.2) is 75.2 Å². The first-order valence-electron chi connectivity index (χ1n) is 10.7. The topological polar surface area (TPSA) is 99.2 Å². The molecule has 33 heavy (non-hydrogen) atoms. The van der Waals surface area contributed by atoms with Crippen LogP contribution in [0.5, 0.6) is 5.75 Å². The van der Waals surface area contributed by atoms with E-state index in [4.69, 9.17) is 16.3 Å². The zero-order valence-electron chi connectivity index (χ0n) is 19.2. The largest absolute Gasteiger partial charge is 0.486 e. The van der Waals surface area contributed by atoms with Crippen molar-refractivity contribution in [1.82, 2.24) is 9.80 Å². The Morgan fingerprint density at radius 3 is 2.52 bits per heavy atom. The van der Waals surface area contributed by atoms with Gasteiger partial charge in [0.05, 0.1) is 28.8 Å². The normalized spacial score (nSPS) is 20.0. The number of fused-ring (bicyclic) bond motifs is 1. The molecule has 0 saturated carbocycles. The molecule has 3 rings (SSSR count). The first kappa shape index (κ1) is 25.3. The number of nitrogens with one attached hydrogen (secondary N) is 1. The SMILES string of the molecule is C[C@H](CO)N1C[C@H](C)[C@@H](CN(C)C)Oc2c(NS(=O)(=O)c3ccc(Cl)cc3)cccc2C1=O. The summed E-state index contributed by atoms with van der Waals surface area (Å²) in [6, 6.07) is 10.2. The number of aliphatic hydroxyl groups excluding tert-OH is 1. The molecule has 1 amide bonds. The van der Waals surface area contributed by atoms with Gasteiger partial charge in [0.25, 0.3) is 15.9 Å². The highest BCUT2D eigenvalue weighted by molar-refractivity contribution is 7.92. The molecule has 2 N–H and O–H groups in total. The second-order valence-corrected chi connectivity index (χ2v) is 10.7. The summed E-state index contributed by atoms with van der Waals surface area (Å²) in [5.41, 5.74) is 0.410. The molecule has 1 aliphatic heterocycles. The van der Waals surface area contributed by atoms with E-state index in [1.807, 2.05) is 25.9 Å². The van der Waals surface area contributed by atoms with E-state index >= 15 is 0 Å². The maximum absolute atomic E-state index is 13.4. The molecular weight excluding hydrogens is 466 g/mol. The third kappa shape index (κ3) is 5.78. The average Bonchev–Trinajstić information content (AvgIpc) is 2.76. The van der Waals surface area contributed by atoms with Crippen LogP contribution in [0.4, 0.5) is 5.69 Å². The number of rotatable bonds is 7. The van der Waals surface area contributed by atoms with E-state index in [-0.39, 0.29) is 46.4 Å². The summed E-state index contributed by atoms with van der Waals surface area (Å²) in [7, 11) is -0.113. The number of amides is 1.